The molecule has 18 heavy (non-hydrogen) atoms. The Kier molecular flexibility index (Phi) is 3.66. The summed E-state index contributed by atoms with van der Waals surface area (Å²) in [6.45, 7) is 2.84. The Morgan fingerprint density at radius 1 is 1.28 bits per heavy atom. The highest BCUT2D eigenvalue weighted by Gasteiger charge is 2.32. The number of ether oxygens (including phenoxy) is 1. The molecule has 2 aliphatic rings. The van der Waals surface area contributed by atoms with Gasteiger partial charge in [-0.1, -0.05) is 0 Å². The standard InChI is InChI=1S/C14H22N2OS/c18-10-14(5-7-17-8-6-14)9-16-11-15-12-3-1-2-4-13(12)16/h11,18H,1-10H2. The lowest BCUT2D eigenvalue weighted by Gasteiger charge is -2.36. The van der Waals surface area contributed by atoms with Crippen LogP contribution in [0.1, 0.15) is 37.1 Å². The second-order valence-corrected chi connectivity index (χ2v) is 6.06. The molecule has 0 N–H and O–H groups in total. The lowest BCUT2D eigenvalue weighted by atomic mass is 9.82. The molecule has 1 aromatic rings. The Hall–Kier alpha value is -0.480. The molecule has 1 saturated heterocycles. The monoisotopic (exact) mass is 266 g/mol. The van der Waals surface area contributed by atoms with E-state index in [1.54, 1.807) is 0 Å². The predicted molar refractivity (Wildman–Crippen MR) is 75.2 cm³/mol. The minimum absolute atomic E-state index is 0.313. The number of aromatic nitrogens is 2. The molecular weight excluding hydrogens is 244 g/mol. The van der Waals surface area contributed by atoms with Crippen LogP contribution in [0.15, 0.2) is 6.33 Å². The van der Waals surface area contributed by atoms with Gasteiger partial charge in [0.15, 0.2) is 0 Å². The molecule has 1 fully saturated rings. The maximum atomic E-state index is 5.50. The summed E-state index contributed by atoms with van der Waals surface area (Å²) in [6.07, 6.45) is 9.29. The van der Waals surface area contributed by atoms with Gasteiger partial charge in [0.25, 0.3) is 0 Å². The molecule has 0 aromatic carbocycles. The minimum atomic E-state index is 0.313. The third-order valence-corrected chi connectivity index (χ3v) is 5.18. The zero-order valence-corrected chi connectivity index (χ0v) is 11.8. The van der Waals surface area contributed by atoms with Gasteiger partial charge in [0, 0.05) is 30.9 Å². The largest absolute Gasteiger partial charge is 0.381 e. The molecule has 100 valence electrons. The van der Waals surface area contributed by atoms with Gasteiger partial charge in [0.1, 0.15) is 0 Å². The van der Waals surface area contributed by atoms with Gasteiger partial charge in [-0.15, -0.1) is 0 Å². The molecule has 0 unspecified atom stereocenters. The first-order valence-electron chi connectivity index (χ1n) is 7.04. The van der Waals surface area contributed by atoms with Crippen LogP contribution in [-0.4, -0.2) is 28.5 Å². The number of hydrogen-bond acceptors (Lipinski definition) is 3. The molecule has 4 heteroatoms. The van der Waals surface area contributed by atoms with Gasteiger partial charge in [0.2, 0.25) is 0 Å². The zero-order valence-electron chi connectivity index (χ0n) is 10.9. The second kappa shape index (κ2) is 5.25. The van der Waals surface area contributed by atoms with Gasteiger partial charge >= 0.3 is 0 Å². The van der Waals surface area contributed by atoms with E-state index in [0.29, 0.717) is 5.41 Å². The second-order valence-electron chi connectivity index (χ2n) is 5.74. The first-order valence-corrected chi connectivity index (χ1v) is 7.68. The lowest BCUT2D eigenvalue weighted by molar-refractivity contribution is 0.0178. The third-order valence-electron chi connectivity index (χ3n) is 4.50. The van der Waals surface area contributed by atoms with E-state index in [-0.39, 0.29) is 0 Å². The molecular formula is C14H22N2OS. The molecule has 0 bridgehead atoms. The Morgan fingerprint density at radius 3 is 2.83 bits per heavy atom. The fourth-order valence-corrected chi connectivity index (χ4v) is 3.62. The van der Waals surface area contributed by atoms with Crippen LogP contribution in [0.3, 0.4) is 0 Å². The molecule has 1 aromatic heterocycles. The number of imidazole rings is 1. The van der Waals surface area contributed by atoms with E-state index in [9.17, 15) is 0 Å². The van der Waals surface area contributed by atoms with Crippen molar-refractivity contribution in [3.8, 4) is 0 Å². The third kappa shape index (κ3) is 2.32. The van der Waals surface area contributed by atoms with Gasteiger partial charge in [0.05, 0.1) is 12.0 Å². The minimum Gasteiger partial charge on any atom is -0.381 e. The summed E-state index contributed by atoms with van der Waals surface area (Å²) < 4.78 is 7.90. The summed E-state index contributed by atoms with van der Waals surface area (Å²) in [7, 11) is 0. The van der Waals surface area contributed by atoms with Crippen LogP contribution < -0.4 is 0 Å². The van der Waals surface area contributed by atoms with Crippen LogP contribution >= 0.6 is 12.6 Å². The number of fused-ring (bicyclic) bond motifs is 1. The first kappa shape index (κ1) is 12.5. The van der Waals surface area contributed by atoms with Gasteiger partial charge in [-0.2, -0.15) is 12.6 Å². The van der Waals surface area contributed by atoms with Crippen molar-refractivity contribution in [2.45, 2.75) is 45.1 Å². The fraction of sp³-hybridized carbons (Fsp3) is 0.786. The van der Waals surface area contributed by atoms with Crippen LogP contribution in [0.2, 0.25) is 0 Å². The molecule has 0 amide bonds. The van der Waals surface area contributed by atoms with Crippen LogP contribution in [0.5, 0.6) is 0 Å². The highest BCUT2D eigenvalue weighted by atomic mass is 32.1. The van der Waals surface area contributed by atoms with Crippen molar-refractivity contribution in [3.05, 3.63) is 17.7 Å². The average Bonchev–Trinajstić information content (AvgIpc) is 2.83. The molecule has 3 rings (SSSR count). The normalized spacial score (nSPS) is 22.7. The maximum Gasteiger partial charge on any atom is 0.0951 e. The number of aryl methyl sites for hydroxylation is 1. The van der Waals surface area contributed by atoms with E-state index in [4.69, 9.17) is 4.74 Å². The van der Waals surface area contributed by atoms with E-state index in [2.05, 4.69) is 28.5 Å². The molecule has 0 saturated carbocycles. The van der Waals surface area contributed by atoms with Crippen molar-refractivity contribution in [2.75, 3.05) is 19.0 Å². The Balaban J connectivity index is 1.80. The van der Waals surface area contributed by atoms with Crippen molar-refractivity contribution in [1.82, 2.24) is 9.55 Å². The number of nitrogens with zero attached hydrogens (tertiary/aromatic N) is 2. The van der Waals surface area contributed by atoms with Crippen molar-refractivity contribution in [1.29, 1.82) is 0 Å². The van der Waals surface area contributed by atoms with Crippen LogP contribution in [0.4, 0.5) is 0 Å². The van der Waals surface area contributed by atoms with E-state index >= 15 is 0 Å². The molecule has 1 aliphatic carbocycles. The van der Waals surface area contributed by atoms with E-state index in [0.717, 1.165) is 38.4 Å². The lowest BCUT2D eigenvalue weighted by Crippen LogP contribution is -2.36. The first-order chi connectivity index (χ1) is 8.83. The zero-order chi connectivity index (χ0) is 12.4. The topological polar surface area (TPSA) is 27.1 Å². The SMILES string of the molecule is SCC1(Cn2cnc3c2CCCC3)CCOCC1. The van der Waals surface area contributed by atoms with E-state index < -0.39 is 0 Å². The predicted octanol–water partition coefficient (Wildman–Crippen LogP) is 2.49. The highest BCUT2D eigenvalue weighted by molar-refractivity contribution is 7.80. The number of hydrogen-bond donors (Lipinski definition) is 1. The maximum absolute atomic E-state index is 5.50. The van der Waals surface area contributed by atoms with E-state index in [1.807, 2.05) is 0 Å². The fourth-order valence-electron chi connectivity index (χ4n) is 3.20. The molecule has 3 nitrogen and oxygen atoms in total. The summed E-state index contributed by atoms with van der Waals surface area (Å²) >= 11 is 4.60. The summed E-state index contributed by atoms with van der Waals surface area (Å²) in [5.74, 6) is 0.948. The van der Waals surface area contributed by atoms with Crippen LogP contribution in [0.25, 0.3) is 0 Å². The van der Waals surface area contributed by atoms with Crippen molar-refractivity contribution >= 4 is 12.6 Å². The van der Waals surface area contributed by atoms with Gasteiger partial charge in [-0.3, -0.25) is 0 Å². The molecule has 0 atom stereocenters. The van der Waals surface area contributed by atoms with Crippen molar-refractivity contribution in [2.24, 2.45) is 5.41 Å². The highest BCUT2D eigenvalue weighted by Crippen LogP contribution is 2.35. The summed E-state index contributed by atoms with van der Waals surface area (Å²) in [4.78, 5) is 4.59. The van der Waals surface area contributed by atoms with Crippen LogP contribution in [-0.2, 0) is 24.1 Å². The molecule has 1 aliphatic heterocycles. The van der Waals surface area contributed by atoms with Crippen molar-refractivity contribution < 1.29 is 4.74 Å². The smallest absolute Gasteiger partial charge is 0.0951 e. The van der Waals surface area contributed by atoms with Gasteiger partial charge in [-0.05, 0) is 44.3 Å². The Bertz CT molecular complexity index is 410. The van der Waals surface area contributed by atoms with E-state index in [1.165, 1.54) is 37.1 Å². The summed E-state index contributed by atoms with van der Waals surface area (Å²) in [6, 6.07) is 0. The average molecular weight is 266 g/mol. The van der Waals surface area contributed by atoms with Gasteiger partial charge < -0.3 is 9.30 Å². The number of rotatable bonds is 3. The molecule has 0 spiro atoms. The van der Waals surface area contributed by atoms with Gasteiger partial charge in [-0.25, -0.2) is 4.98 Å². The van der Waals surface area contributed by atoms with Crippen LogP contribution in [0, 0.1) is 5.41 Å². The Morgan fingerprint density at radius 2 is 2.06 bits per heavy atom. The Labute approximate surface area is 114 Å². The quantitative estimate of drug-likeness (QED) is 0.851. The van der Waals surface area contributed by atoms with Crippen molar-refractivity contribution in [3.63, 3.8) is 0 Å². The molecule has 0 radical (unpaired) electrons. The molecule has 2 heterocycles. The summed E-state index contributed by atoms with van der Waals surface area (Å²) in [5, 5.41) is 0. The summed E-state index contributed by atoms with van der Waals surface area (Å²) in [5.41, 5.74) is 3.13. The number of thiol groups is 1.